The fraction of sp³-hybridized carbons (Fsp3) is 0.800. The van der Waals surface area contributed by atoms with Crippen LogP contribution in [0, 0.1) is 0 Å². The molecule has 0 aliphatic rings. The van der Waals surface area contributed by atoms with Crippen LogP contribution in [0.15, 0.2) is 30.6 Å². The smallest absolute Gasteiger partial charge is 0.407 e. The number of hydrogen-bond acceptors (Lipinski definition) is 4. The number of carbonyl (C=O) groups excluding carboxylic acids is 1. The van der Waals surface area contributed by atoms with Gasteiger partial charge in [-0.3, -0.25) is 0 Å². The van der Waals surface area contributed by atoms with Crippen LogP contribution < -0.4 is 9.88 Å². The molecular weight excluding hydrogens is 452 g/mol. The zero-order valence-corrected chi connectivity index (χ0v) is 23.4. The number of hydrogen-bond donors (Lipinski definition) is 1. The number of aromatic nitrogens is 1. The van der Waals surface area contributed by atoms with Crippen molar-refractivity contribution in [1.29, 1.82) is 0 Å². The van der Waals surface area contributed by atoms with Gasteiger partial charge in [-0.1, -0.05) is 109 Å². The summed E-state index contributed by atoms with van der Waals surface area (Å²) in [6.45, 7) is 4.87. The second-order valence-electron chi connectivity index (χ2n) is 9.87. The molecule has 0 aliphatic heterocycles. The third-order valence-electron chi connectivity index (χ3n) is 6.60. The van der Waals surface area contributed by atoms with Gasteiger partial charge >= 0.3 is 6.09 Å². The van der Waals surface area contributed by atoms with Gasteiger partial charge in [0.2, 0.25) is 0 Å². The topological polar surface area (TPSA) is 60.7 Å². The van der Waals surface area contributed by atoms with Crippen LogP contribution in [-0.4, -0.2) is 45.7 Å². The molecule has 6 heteroatoms. The van der Waals surface area contributed by atoms with Crippen LogP contribution in [0.1, 0.15) is 110 Å². The predicted molar refractivity (Wildman–Crippen MR) is 147 cm³/mol. The normalized spacial score (nSPS) is 11.9. The van der Waals surface area contributed by atoms with Crippen LogP contribution in [0.25, 0.3) is 0 Å². The number of rotatable bonds is 25. The van der Waals surface area contributed by atoms with Gasteiger partial charge in [0.05, 0.1) is 13.2 Å². The lowest BCUT2D eigenvalue weighted by atomic mass is 10.0. The first kappa shape index (κ1) is 32.4. The van der Waals surface area contributed by atoms with Gasteiger partial charge < -0.3 is 19.5 Å². The number of nitrogens with zero attached hydrogens (tertiary/aromatic N) is 1. The van der Waals surface area contributed by atoms with Crippen molar-refractivity contribution in [3.05, 3.63) is 30.6 Å². The number of ether oxygens (including phenoxy) is 3. The lowest BCUT2D eigenvalue weighted by Crippen LogP contribution is -2.40. The molecule has 6 nitrogen and oxygen atoms in total. The first-order chi connectivity index (χ1) is 17.8. The van der Waals surface area contributed by atoms with Gasteiger partial charge in [-0.15, -0.1) is 0 Å². The molecule has 1 heterocycles. The number of unbranched alkanes of at least 4 members (excludes halogenated alkanes) is 15. The van der Waals surface area contributed by atoms with Crippen LogP contribution in [0.3, 0.4) is 0 Å². The number of alkyl carbamates (subject to hydrolysis) is 1. The zero-order chi connectivity index (χ0) is 25.9. The maximum atomic E-state index is 11.9. The van der Waals surface area contributed by atoms with E-state index in [9.17, 15) is 4.79 Å². The highest BCUT2D eigenvalue weighted by molar-refractivity contribution is 5.66. The number of amides is 1. The van der Waals surface area contributed by atoms with Gasteiger partial charge in [0.25, 0.3) is 0 Å². The molecule has 0 fully saturated rings. The Hall–Kier alpha value is -1.66. The fourth-order valence-electron chi connectivity index (χ4n) is 4.24. The molecule has 0 saturated heterocycles. The highest BCUT2D eigenvalue weighted by Gasteiger charge is 2.12. The van der Waals surface area contributed by atoms with Crippen molar-refractivity contribution in [2.45, 2.75) is 122 Å². The molecule has 0 spiro atoms. The Kier molecular flexibility index (Phi) is 22.5. The van der Waals surface area contributed by atoms with Crippen LogP contribution >= 0.6 is 0 Å². The Balaban J connectivity index is 1.83. The van der Waals surface area contributed by atoms with Crippen molar-refractivity contribution in [1.82, 2.24) is 5.32 Å². The third kappa shape index (κ3) is 20.5. The molecule has 1 aromatic heterocycles. The molecule has 0 saturated carbocycles. The molecule has 0 bridgehead atoms. The van der Waals surface area contributed by atoms with E-state index in [1.165, 1.54) is 96.3 Å². The minimum atomic E-state index is -0.425. The standard InChI is InChI=1S/C30H54N2O4/c1-3-4-5-6-7-8-9-10-11-12-13-14-15-16-17-21-26-35-27-29(34-2)28-36-30(33)31-22-25-32-23-19-18-20-24-32/h18-20,23-24,29H,3-17,21-22,25-28H2,1-2H3/p+1/t29-/m1/s1. The Labute approximate surface area is 221 Å². The Morgan fingerprint density at radius 2 is 1.28 bits per heavy atom. The average molecular weight is 508 g/mol. The lowest BCUT2D eigenvalue weighted by Gasteiger charge is -2.16. The summed E-state index contributed by atoms with van der Waals surface area (Å²) in [6.07, 6.45) is 25.1. The highest BCUT2D eigenvalue weighted by atomic mass is 16.6. The van der Waals surface area contributed by atoms with Crippen LogP contribution in [0.4, 0.5) is 4.79 Å². The molecule has 208 valence electrons. The molecule has 0 unspecified atom stereocenters. The predicted octanol–water partition coefficient (Wildman–Crippen LogP) is 6.99. The summed E-state index contributed by atoms with van der Waals surface area (Å²) in [5.41, 5.74) is 0. The summed E-state index contributed by atoms with van der Waals surface area (Å²) < 4.78 is 18.4. The van der Waals surface area contributed by atoms with E-state index in [4.69, 9.17) is 14.2 Å². The Bertz CT molecular complexity index is 600. The zero-order valence-electron chi connectivity index (χ0n) is 23.4. The van der Waals surface area contributed by atoms with E-state index in [1.807, 2.05) is 35.2 Å². The summed E-state index contributed by atoms with van der Waals surface area (Å²) in [5, 5.41) is 2.76. The van der Waals surface area contributed by atoms with Crippen LogP contribution in [0.2, 0.25) is 0 Å². The average Bonchev–Trinajstić information content (AvgIpc) is 2.90. The maximum absolute atomic E-state index is 11.9. The molecule has 1 N–H and O–H groups in total. The maximum Gasteiger partial charge on any atom is 0.407 e. The van der Waals surface area contributed by atoms with E-state index in [2.05, 4.69) is 12.2 Å². The molecule has 0 radical (unpaired) electrons. The van der Waals surface area contributed by atoms with E-state index in [0.29, 0.717) is 19.7 Å². The molecule has 1 aromatic rings. The molecule has 0 aromatic carbocycles. The Morgan fingerprint density at radius 3 is 1.81 bits per heavy atom. The van der Waals surface area contributed by atoms with Crippen molar-refractivity contribution in [3.63, 3.8) is 0 Å². The SMILES string of the molecule is CCCCCCCCCCCCCCCCCCOC[C@H](COC(=O)NCC[n+]1ccccc1)OC. The van der Waals surface area contributed by atoms with Crippen molar-refractivity contribution >= 4 is 6.09 Å². The highest BCUT2D eigenvalue weighted by Crippen LogP contribution is 2.13. The van der Waals surface area contributed by atoms with Gasteiger partial charge in [0, 0.05) is 25.8 Å². The molecule has 1 atom stereocenters. The van der Waals surface area contributed by atoms with Gasteiger partial charge in [0.15, 0.2) is 18.9 Å². The van der Waals surface area contributed by atoms with Crippen molar-refractivity contribution in [2.24, 2.45) is 0 Å². The van der Waals surface area contributed by atoms with E-state index < -0.39 is 6.09 Å². The van der Waals surface area contributed by atoms with Gasteiger partial charge in [-0.25, -0.2) is 9.36 Å². The summed E-state index contributed by atoms with van der Waals surface area (Å²) in [6, 6.07) is 5.88. The largest absolute Gasteiger partial charge is 0.447 e. The van der Waals surface area contributed by atoms with Crippen molar-refractivity contribution < 1.29 is 23.6 Å². The molecule has 1 rings (SSSR count). The van der Waals surface area contributed by atoms with Gasteiger partial charge in [-0.2, -0.15) is 0 Å². The summed E-state index contributed by atoms with van der Waals surface area (Å²) in [7, 11) is 1.62. The third-order valence-corrected chi connectivity index (χ3v) is 6.60. The van der Waals surface area contributed by atoms with Crippen LogP contribution in [0.5, 0.6) is 0 Å². The Morgan fingerprint density at radius 1 is 0.750 bits per heavy atom. The van der Waals surface area contributed by atoms with Crippen LogP contribution in [-0.2, 0) is 20.8 Å². The number of carbonyl (C=O) groups is 1. The van der Waals surface area contributed by atoms with Gasteiger partial charge in [-0.05, 0) is 6.42 Å². The lowest BCUT2D eigenvalue weighted by molar-refractivity contribution is -0.694. The first-order valence-corrected chi connectivity index (χ1v) is 14.7. The van der Waals surface area contributed by atoms with E-state index in [1.54, 1.807) is 7.11 Å². The summed E-state index contributed by atoms with van der Waals surface area (Å²) in [5.74, 6) is 0. The first-order valence-electron chi connectivity index (χ1n) is 14.7. The minimum Gasteiger partial charge on any atom is -0.447 e. The van der Waals surface area contributed by atoms with E-state index >= 15 is 0 Å². The minimum absolute atomic E-state index is 0.194. The molecular formula is C30H55N2O4+. The monoisotopic (exact) mass is 507 g/mol. The van der Waals surface area contributed by atoms with Crippen molar-refractivity contribution in [2.75, 3.05) is 33.5 Å². The summed E-state index contributed by atoms with van der Waals surface area (Å²) in [4.78, 5) is 11.9. The summed E-state index contributed by atoms with van der Waals surface area (Å²) >= 11 is 0. The molecule has 0 aliphatic carbocycles. The van der Waals surface area contributed by atoms with Crippen molar-refractivity contribution in [3.8, 4) is 0 Å². The number of pyridine rings is 1. The molecule has 1 amide bonds. The quantitative estimate of drug-likeness (QED) is 0.114. The number of nitrogens with one attached hydrogen (secondary N) is 1. The second-order valence-corrected chi connectivity index (χ2v) is 9.87. The molecule has 36 heavy (non-hydrogen) atoms. The van der Waals surface area contributed by atoms with E-state index in [0.717, 1.165) is 13.0 Å². The van der Waals surface area contributed by atoms with Gasteiger partial charge in [0.1, 0.15) is 12.7 Å². The van der Waals surface area contributed by atoms with E-state index in [-0.39, 0.29) is 12.7 Å². The number of methoxy groups -OCH3 is 1. The second kappa shape index (κ2) is 25.0. The fourth-order valence-corrected chi connectivity index (χ4v) is 4.24.